The minimum absolute atomic E-state index is 0.0881. The quantitative estimate of drug-likeness (QED) is 0.215. The predicted octanol–water partition coefficient (Wildman–Crippen LogP) is 5.60. The van der Waals surface area contributed by atoms with Gasteiger partial charge in [-0.3, -0.25) is 19.1 Å². The number of carbonyl (C=O) groups is 3. The maximum atomic E-state index is 14.4. The normalized spacial score (nSPS) is 23.1. The first kappa shape index (κ1) is 31.6. The van der Waals surface area contributed by atoms with Crippen molar-refractivity contribution in [2.45, 2.75) is 84.3 Å². The number of hydrogen-bond acceptors (Lipinski definition) is 8. The molecule has 47 heavy (non-hydrogen) atoms. The second-order valence-electron chi connectivity index (χ2n) is 13.2. The summed E-state index contributed by atoms with van der Waals surface area (Å²) in [6.07, 6.45) is 9.62. The zero-order valence-corrected chi connectivity index (χ0v) is 28.5. The molecule has 244 valence electrons. The molecule has 4 aromatic rings. The number of ketones is 1. The zero-order valence-electron chi connectivity index (χ0n) is 26.9. The van der Waals surface area contributed by atoms with E-state index in [2.05, 4.69) is 42.3 Å². The molecule has 11 nitrogen and oxygen atoms in total. The molecule has 2 fully saturated rings. The van der Waals surface area contributed by atoms with Crippen LogP contribution in [-0.4, -0.2) is 72.5 Å². The maximum Gasteiger partial charge on any atom is 0.248 e. The van der Waals surface area contributed by atoms with Crippen LogP contribution in [0, 0.1) is 19.3 Å². The molecule has 1 saturated carbocycles. The molecule has 2 aliphatic heterocycles. The molecule has 2 amide bonds. The van der Waals surface area contributed by atoms with Gasteiger partial charge in [0, 0.05) is 48.3 Å². The zero-order chi connectivity index (χ0) is 32.9. The van der Waals surface area contributed by atoms with Crippen molar-refractivity contribution in [2.75, 3.05) is 18.5 Å². The summed E-state index contributed by atoms with van der Waals surface area (Å²) in [5.74, 6) is 0.493. The molecule has 1 N–H and O–H groups in total. The number of anilines is 1. The van der Waals surface area contributed by atoms with E-state index in [0.29, 0.717) is 47.0 Å². The summed E-state index contributed by atoms with van der Waals surface area (Å²) < 4.78 is 8.47. The molecule has 2 bridgehead atoms. The summed E-state index contributed by atoms with van der Waals surface area (Å²) in [4.78, 5) is 56.1. The highest BCUT2D eigenvalue weighted by molar-refractivity contribution is 9.10. The fourth-order valence-corrected chi connectivity index (χ4v) is 7.60. The summed E-state index contributed by atoms with van der Waals surface area (Å²) in [6, 6.07) is 7.00. The highest BCUT2D eigenvalue weighted by atomic mass is 79.9. The summed E-state index contributed by atoms with van der Waals surface area (Å²) >= 11 is 3.39. The minimum atomic E-state index is -0.678. The molecular weight excluding hydrogens is 662 g/mol. The highest BCUT2D eigenvalue weighted by Gasteiger charge is 2.67. The van der Waals surface area contributed by atoms with E-state index in [-0.39, 0.29) is 35.6 Å². The minimum Gasteiger partial charge on any atom is -0.381 e. The number of hydrogen-bond donors (Lipinski definition) is 1. The number of carbonyl (C=O) groups excluding carboxylic acids is 3. The molecule has 1 aromatic carbocycles. The molecule has 3 aromatic heterocycles. The Morgan fingerprint density at radius 1 is 1.04 bits per heavy atom. The fraction of sp³-hybridized carbons (Fsp3) is 0.457. The number of benzene rings is 1. The third kappa shape index (κ3) is 6.09. The van der Waals surface area contributed by atoms with Gasteiger partial charge in [-0.25, -0.2) is 15.0 Å². The molecule has 5 heterocycles. The van der Waals surface area contributed by atoms with Crippen molar-refractivity contribution >= 4 is 50.2 Å². The van der Waals surface area contributed by atoms with Crippen LogP contribution < -0.4 is 5.32 Å². The lowest BCUT2D eigenvalue weighted by Gasteiger charge is -2.27. The number of halogens is 1. The molecule has 3 atom stereocenters. The van der Waals surface area contributed by atoms with Crippen molar-refractivity contribution in [1.29, 1.82) is 0 Å². The third-order valence-corrected chi connectivity index (χ3v) is 10.3. The first-order chi connectivity index (χ1) is 22.6. The number of Topliss-reactive ketones (excluding diaryl/α,β-unsaturated/α-hetero) is 1. The van der Waals surface area contributed by atoms with E-state index in [1.54, 1.807) is 22.0 Å². The second kappa shape index (κ2) is 12.5. The van der Waals surface area contributed by atoms with Crippen molar-refractivity contribution in [3.05, 3.63) is 63.9 Å². The van der Waals surface area contributed by atoms with Crippen molar-refractivity contribution in [1.82, 2.24) is 29.6 Å². The number of piperidine rings is 1. The summed E-state index contributed by atoms with van der Waals surface area (Å²) in [7, 11) is 0. The number of nitrogens with one attached hydrogen (secondary N) is 1. The van der Waals surface area contributed by atoms with E-state index in [4.69, 9.17) is 9.84 Å². The molecule has 0 spiro atoms. The van der Waals surface area contributed by atoms with Crippen LogP contribution in [0.3, 0.4) is 0 Å². The van der Waals surface area contributed by atoms with Crippen LogP contribution in [-0.2, 0) is 27.3 Å². The molecule has 3 aliphatic rings. The number of aryl methyl sites for hydroxylation is 3. The van der Waals surface area contributed by atoms with Gasteiger partial charge in [-0.05, 0) is 96.8 Å². The Bertz CT molecular complexity index is 1890. The number of aromatic nitrogens is 5. The first-order valence-electron chi connectivity index (χ1n) is 16.3. The predicted molar refractivity (Wildman–Crippen MR) is 180 cm³/mol. The van der Waals surface area contributed by atoms with Crippen LogP contribution in [0.5, 0.6) is 0 Å². The van der Waals surface area contributed by atoms with Gasteiger partial charge in [-0.1, -0.05) is 18.9 Å². The number of amides is 2. The average Bonchev–Trinajstić information content (AvgIpc) is 3.44. The first-order valence-corrected chi connectivity index (χ1v) is 17.1. The van der Waals surface area contributed by atoms with Gasteiger partial charge in [0.05, 0.1) is 12.1 Å². The van der Waals surface area contributed by atoms with Crippen molar-refractivity contribution < 1.29 is 19.1 Å². The van der Waals surface area contributed by atoms with E-state index in [1.807, 2.05) is 32.0 Å². The SMILES string of the molecule is CC(=O)c1nn2c3c(cc(-c4cnc(C)nc4)cc13)CCCCCCOC[C@@]13C[C@@H](C(=O)Nc4nc(Br)ccc4C)N(C(=O)C2)[C@@H]1C3. The maximum absolute atomic E-state index is 14.4. The van der Waals surface area contributed by atoms with Gasteiger partial charge in [-0.2, -0.15) is 5.10 Å². The van der Waals surface area contributed by atoms with E-state index in [0.717, 1.165) is 66.3 Å². The molecule has 0 unspecified atom stereocenters. The largest absolute Gasteiger partial charge is 0.381 e. The van der Waals surface area contributed by atoms with Crippen LogP contribution in [0.25, 0.3) is 22.0 Å². The van der Waals surface area contributed by atoms with Gasteiger partial charge in [0.1, 0.15) is 34.5 Å². The Labute approximate surface area is 281 Å². The molecule has 7 rings (SSSR count). The lowest BCUT2D eigenvalue weighted by Crippen LogP contribution is -2.47. The van der Waals surface area contributed by atoms with E-state index in [9.17, 15) is 14.4 Å². The Kier molecular flexibility index (Phi) is 8.42. The summed E-state index contributed by atoms with van der Waals surface area (Å²) in [5.41, 5.74) is 4.45. The fourth-order valence-electron chi connectivity index (χ4n) is 7.29. The monoisotopic (exact) mass is 699 g/mol. The number of nitrogens with zero attached hydrogens (tertiary/aromatic N) is 6. The Morgan fingerprint density at radius 3 is 2.62 bits per heavy atom. The third-order valence-electron chi connectivity index (χ3n) is 9.84. The summed E-state index contributed by atoms with van der Waals surface area (Å²) in [6.45, 7) is 6.32. The lowest BCUT2D eigenvalue weighted by atomic mass is 9.97. The summed E-state index contributed by atoms with van der Waals surface area (Å²) in [5, 5.41) is 8.44. The van der Waals surface area contributed by atoms with Crippen LogP contribution in [0.1, 0.15) is 72.9 Å². The van der Waals surface area contributed by atoms with Crippen LogP contribution in [0.2, 0.25) is 0 Å². The lowest BCUT2D eigenvalue weighted by molar-refractivity contribution is -0.138. The van der Waals surface area contributed by atoms with Crippen molar-refractivity contribution in [3.8, 4) is 11.1 Å². The highest BCUT2D eigenvalue weighted by Crippen LogP contribution is 2.60. The molecular formula is C35H38BrN7O4. The van der Waals surface area contributed by atoms with Gasteiger partial charge in [0.15, 0.2) is 5.78 Å². The number of rotatable bonds is 4. The molecule has 0 radical (unpaired) electrons. The standard InChI is InChI=1S/C35H38BrN7O4/c1-20-9-10-29(36)39-33(20)40-34(46)27-14-35-15-28(35)43(27)30(45)18-42-32-23(8-6-4-5-7-11-47-19-35)12-24(25-16-37-22(3)38-17-25)13-26(32)31(41-42)21(2)44/h9-10,12-13,16-17,27-28H,4-8,11,14-15,18-19H2,1-3H3,(H,39,40,46)/t27-,28+,35-/m0/s1. The van der Waals surface area contributed by atoms with E-state index >= 15 is 0 Å². The van der Waals surface area contributed by atoms with Crippen LogP contribution in [0.4, 0.5) is 5.82 Å². The number of pyridine rings is 1. The van der Waals surface area contributed by atoms with Gasteiger partial charge in [-0.15, -0.1) is 0 Å². The number of ether oxygens (including phenoxy) is 1. The molecule has 1 saturated heterocycles. The topological polar surface area (TPSA) is 132 Å². The molecule has 12 heteroatoms. The Balaban J connectivity index is 1.28. The smallest absolute Gasteiger partial charge is 0.248 e. The van der Waals surface area contributed by atoms with Gasteiger partial charge >= 0.3 is 0 Å². The van der Waals surface area contributed by atoms with Gasteiger partial charge in [0.25, 0.3) is 0 Å². The van der Waals surface area contributed by atoms with Crippen molar-refractivity contribution in [3.63, 3.8) is 0 Å². The molecule has 1 aliphatic carbocycles. The van der Waals surface area contributed by atoms with Crippen molar-refractivity contribution in [2.24, 2.45) is 5.41 Å². The van der Waals surface area contributed by atoms with E-state index < -0.39 is 6.04 Å². The second-order valence-corrected chi connectivity index (χ2v) is 14.0. The average molecular weight is 701 g/mol. The Hall–Kier alpha value is -4.03. The van der Waals surface area contributed by atoms with Gasteiger partial charge < -0.3 is 15.0 Å². The Morgan fingerprint density at radius 2 is 1.83 bits per heavy atom. The van der Waals surface area contributed by atoms with Crippen LogP contribution >= 0.6 is 15.9 Å². The van der Waals surface area contributed by atoms with Crippen LogP contribution in [0.15, 0.2) is 41.3 Å². The van der Waals surface area contributed by atoms with E-state index in [1.165, 1.54) is 6.92 Å². The van der Waals surface area contributed by atoms with Gasteiger partial charge in [0.2, 0.25) is 11.8 Å².